The molecule has 0 aromatic heterocycles. The van der Waals surface area contributed by atoms with Crippen molar-refractivity contribution in [3.63, 3.8) is 0 Å². The van der Waals surface area contributed by atoms with E-state index >= 15 is 0 Å². The maximum absolute atomic E-state index is 2.37. The van der Waals surface area contributed by atoms with Crippen LogP contribution in [0.5, 0.6) is 0 Å². The second kappa shape index (κ2) is 35.4. The maximum atomic E-state index is 2.37. The van der Waals surface area contributed by atoms with Crippen LogP contribution in [-0.4, -0.2) is 24.6 Å². The topological polar surface area (TPSA) is 0 Å². The van der Waals surface area contributed by atoms with Gasteiger partial charge in [-0.05, 0) is 50.3 Å². The summed E-state index contributed by atoms with van der Waals surface area (Å²) in [6.07, 6.45) is 40.3. The summed E-state index contributed by atoms with van der Waals surface area (Å²) < 4.78 is 0. The van der Waals surface area contributed by atoms with Crippen LogP contribution in [0.1, 0.15) is 182 Å². The molecule has 0 unspecified atom stereocenters. The summed E-state index contributed by atoms with van der Waals surface area (Å²) in [6.45, 7) is 9.20. The molecule has 0 aliphatic heterocycles. The SMILES string of the molecule is CCCCCCCCP(CCCCCCCC)c1ccc[cH-]1.CCCCCCCCP(CCCCCCCC)c1ccc[cH-]1.[Co+2]. The van der Waals surface area contributed by atoms with E-state index < -0.39 is 0 Å². The van der Waals surface area contributed by atoms with Crippen LogP contribution < -0.4 is 10.6 Å². The molecule has 0 saturated carbocycles. The fraction of sp³-hybridized carbons (Fsp3) is 0.762. The Hall–Kier alpha value is 0.0665. The minimum absolute atomic E-state index is 0. The summed E-state index contributed by atoms with van der Waals surface area (Å²) in [5, 5.41) is 3.33. The first kappa shape index (κ1) is 45.1. The van der Waals surface area contributed by atoms with E-state index in [1.807, 2.05) is 0 Å². The molecular weight excluding hydrogens is 625 g/mol. The van der Waals surface area contributed by atoms with Crippen LogP contribution in [-0.2, 0) is 16.8 Å². The number of rotatable bonds is 30. The monoisotopic (exact) mass is 701 g/mol. The Morgan fingerprint density at radius 1 is 0.378 bits per heavy atom. The first-order valence-electron chi connectivity index (χ1n) is 19.7. The first-order chi connectivity index (χ1) is 21.8. The van der Waals surface area contributed by atoms with Gasteiger partial charge in [-0.2, -0.15) is 24.3 Å². The molecule has 2 aromatic rings. The Morgan fingerprint density at radius 3 is 0.844 bits per heavy atom. The molecule has 0 aliphatic carbocycles. The van der Waals surface area contributed by atoms with E-state index in [2.05, 4.69) is 76.2 Å². The summed E-state index contributed by atoms with van der Waals surface area (Å²) >= 11 is 0. The molecule has 0 amide bonds. The fourth-order valence-corrected chi connectivity index (χ4v) is 11.3. The van der Waals surface area contributed by atoms with Gasteiger partial charge in [-0.25, -0.2) is 24.3 Å². The van der Waals surface area contributed by atoms with Gasteiger partial charge in [0.15, 0.2) is 0 Å². The quantitative estimate of drug-likeness (QED) is 0.0432. The minimum Gasteiger partial charge on any atom is -0.213 e. The smallest absolute Gasteiger partial charge is 0.213 e. The van der Waals surface area contributed by atoms with Gasteiger partial charge in [0.1, 0.15) is 0 Å². The molecule has 263 valence electrons. The van der Waals surface area contributed by atoms with Gasteiger partial charge < -0.3 is 0 Å². The molecular formula is C42H76CoP2. The number of unbranched alkanes of at least 4 members (excludes halogenated alkanes) is 20. The van der Waals surface area contributed by atoms with Crippen LogP contribution in [0.3, 0.4) is 0 Å². The van der Waals surface area contributed by atoms with Crippen LogP contribution >= 0.6 is 15.8 Å². The molecule has 1 radical (unpaired) electrons. The van der Waals surface area contributed by atoms with Crippen LogP contribution in [0.15, 0.2) is 48.5 Å². The van der Waals surface area contributed by atoms with Crippen molar-refractivity contribution in [1.82, 2.24) is 0 Å². The van der Waals surface area contributed by atoms with Crippen LogP contribution in [0.2, 0.25) is 0 Å². The Kier molecular flexibility index (Phi) is 35.4. The zero-order chi connectivity index (χ0) is 31.8. The number of hydrogen-bond donors (Lipinski definition) is 0. The van der Waals surface area contributed by atoms with Crippen molar-refractivity contribution in [2.24, 2.45) is 0 Å². The van der Waals surface area contributed by atoms with Crippen molar-refractivity contribution >= 4 is 26.5 Å². The van der Waals surface area contributed by atoms with E-state index in [1.165, 1.54) is 179 Å². The van der Waals surface area contributed by atoms with E-state index in [1.54, 1.807) is 10.6 Å². The summed E-state index contributed by atoms with van der Waals surface area (Å²) in [6, 6.07) is 18.4. The standard InChI is InChI=1S/2C21H38P.Co/c2*1-3-5-7-9-11-15-19-22(21-17-13-14-18-21)20-16-12-10-8-6-4-2;/h2*13-14,17-18H,3-12,15-16,19-20H2,1-2H3;/q2*-1;+2. The zero-order valence-corrected chi connectivity index (χ0v) is 33.5. The van der Waals surface area contributed by atoms with E-state index in [0.29, 0.717) is 0 Å². The second-order valence-corrected chi connectivity index (χ2v) is 18.3. The molecule has 45 heavy (non-hydrogen) atoms. The average molecular weight is 702 g/mol. The van der Waals surface area contributed by atoms with E-state index in [0.717, 1.165) is 0 Å². The van der Waals surface area contributed by atoms with Crippen molar-refractivity contribution < 1.29 is 16.8 Å². The predicted octanol–water partition coefficient (Wildman–Crippen LogP) is 14.5. The van der Waals surface area contributed by atoms with Gasteiger partial charge in [0.05, 0.1) is 0 Å². The molecule has 0 nitrogen and oxygen atoms in total. The van der Waals surface area contributed by atoms with Crippen LogP contribution in [0, 0.1) is 0 Å². The molecule has 2 rings (SSSR count). The fourth-order valence-electron chi connectivity index (χ4n) is 6.22. The van der Waals surface area contributed by atoms with E-state index in [9.17, 15) is 0 Å². The van der Waals surface area contributed by atoms with Gasteiger partial charge >= 0.3 is 16.8 Å². The Labute approximate surface area is 296 Å². The van der Waals surface area contributed by atoms with Gasteiger partial charge in [0, 0.05) is 0 Å². The Balaban J connectivity index is 0.000000842. The van der Waals surface area contributed by atoms with Gasteiger partial charge in [-0.15, -0.1) is 26.5 Å². The molecule has 0 aliphatic rings. The third-order valence-electron chi connectivity index (χ3n) is 9.15. The summed E-state index contributed by atoms with van der Waals surface area (Å²) in [5.74, 6) is 0. The van der Waals surface area contributed by atoms with Gasteiger partial charge in [-0.3, -0.25) is 0 Å². The van der Waals surface area contributed by atoms with Crippen molar-refractivity contribution in [2.75, 3.05) is 24.6 Å². The predicted molar refractivity (Wildman–Crippen MR) is 210 cm³/mol. The Bertz CT molecular complexity index is 670. The third-order valence-corrected chi connectivity index (χ3v) is 14.6. The normalized spacial score (nSPS) is 11.2. The van der Waals surface area contributed by atoms with Crippen molar-refractivity contribution in [3.8, 4) is 0 Å². The molecule has 0 saturated heterocycles. The van der Waals surface area contributed by atoms with E-state index in [-0.39, 0.29) is 32.6 Å². The molecule has 0 fully saturated rings. The van der Waals surface area contributed by atoms with Crippen LogP contribution in [0.25, 0.3) is 0 Å². The first-order valence-corrected chi connectivity index (χ1v) is 23.1. The largest absolute Gasteiger partial charge is 2.00 e. The summed E-state index contributed by atoms with van der Waals surface area (Å²) in [5.41, 5.74) is 0. The molecule has 2 aromatic carbocycles. The minimum atomic E-state index is 0. The van der Waals surface area contributed by atoms with Crippen molar-refractivity contribution in [3.05, 3.63) is 48.5 Å². The third kappa shape index (κ3) is 26.7. The second-order valence-electron chi connectivity index (χ2n) is 13.3. The summed E-state index contributed by atoms with van der Waals surface area (Å²) in [4.78, 5) is 0. The Morgan fingerprint density at radius 2 is 0.622 bits per heavy atom. The van der Waals surface area contributed by atoms with Crippen LogP contribution in [0.4, 0.5) is 0 Å². The van der Waals surface area contributed by atoms with Gasteiger partial charge in [0.2, 0.25) is 0 Å². The maximum Gasteiger partial charge on any atom is 2.00 e. The van der Waals surface area contributed by atoms with Crippen molar-refractivity contribution in [2.45, 2.75) is 182 Å². The van der Waals surface area contributed by atoms with Gasteiger partial charge in [0.25, 0.3) is 0 Å². The molecule has 0 atom stereocenters. The average Bonchev–Trinajstić information content (AvgIpc) is 3.78. The van der Waals surface area contributed by atoms with Gasteiger partial charge in [-0.1, -0.05) is 156 Å². The number of hydrogen-bond acceptors (Lipinski definition) is 0. The summed E-state index contributed by atoms with van der Waals surface area (Å²) in [7, 11) is 0.265. The molecule has 0 N–H and O–H groups in total. The molecule has 0 heterocycles. The van der Waals surface area contributed by atoms with E-state index in [4.69, 9.17) is 0 Å². The molecule has 0 spiro atoms. The van der Waals surface area contributed by atoms with Crippen molar-refractivity contribution in [1.29, 1.82) is 0 Å². The molecule has 3 heteroatoms. The molecule has 0 bridgehead atoms. The zero-order valence-electron chi connectivity index (χ0n) is 30.6.